The summed E-state index contributed by atoms with van der Waals surface area (Å²) in [5, 5.41) is -0.729. The quantitative estimate of drug-likeness (QED) is 0.722. The van der Waals surface area contributed by atoms with Gasteiger partial charge in [0, 0.05) is 0 Å². The number of halogens is 1. The molecule has 0 aliphatic rings. The zero-order chi connectivity index (χ0) is 17.9. The second-order valence-electron chi connectivity index (χ2n) is 5.81. The van der Waals surface area contributed by atoms with Crippen LogP contribution < -0.4 is 4.31 Å². The number of carbonyl (C=O) groups excluding carboxylic acids is 1. The standard InChI is InChI=1S/C18H20ClNO3S/c1-13(2)16-11-7-8-12-17(16)20(14(3)18(19)21)24(22,23)15-9-5-4-6-10-15/h4-14H,1-3H3. The molecule has 1 atom stereocenters. The fourth-order valence-corrected chi connectivity index (χ4v) is 4.34. The van der Waals surface area contributed by atoms with Crippen LogP contribution in [0.2, 0.25) is 0 Å². The van der Waals surface area contributed by atoms with Crippen LogP contribution in [0.3, 0.4) is 0 Å². The monoisotopic (exact) mass is 365 g/mol. The molecule has 0 heterocycles. The minimum absolute atomic E-state index is 0.0901. The number of carbonyl (C=O) groups is 1. The van der Waals surface area contributed by atoms with Gasteiger partial charge in [0.25, 0.3) is 10.0 Å². The number of sulfonamides is 1. The van der Waals surface area contributed by atoms with E-state index in [1.807, 2.05) is 26.0 Å². The number of benzene rings is 2. The Morgan fingerprint density at radius 2 is 1.50 bits per heavy atom. The summed E-state index contributed by atoms with van der Waals surface area (Å²) in [6.07, 6.45) is 0. The topological polar surface area (TPSA) is 54.5 Å². The van der Waals surface area contributed by atoms with Crippen molar-refractivity contribution in [3.8, 4) is 0 Å². The second kappa shape index (κ2) is 7.36. The SMILES string of the molecule is CC(C)c1ccccc1N(C(C)C(=O)Cl)S(=O)(=O)c1ccccc1. The Morgan fingerprint density at radius 3 is 2.04 bits per heavy atom. The lowest BCUT2D eigenvalue weighted by molar-refractivity contribution is -0.112. The van der Waals surface area contributed by atoms with Crippen LogP contribution in [0.1, 0.15) is 32.3 Å². The summed E-state index contributed by atoms with van der Waals surface area (Å²) in [5.41, 5.74) is 1.31. The van der Waals surface area contributed by atoms with Crippen LogP contribution in [-0.4, -0.2) is 19.7 Å². The molecule has 2 aromatic carbocycles. The van der Waals surface area contributed by atoms with E-state index in [0.29, 0.717) is 5.69 Å². The number of anilines is 1. The zero-order valence-electron chi connectivity index (χ0n) is 13.8. The van der Waals surface area contributed by atoms with Crippen molar-refractivity contribution in [2.45, 2.75) is 37.6 Å². The van der Waals surface area contributed by atoms with Crippen molar-refractivity contribution >= 4 is 32.6 Å². The highest BCUT2D eigenvalue weighted by Crippen LogP contribution is 2.33. The van der Waals surface area contributed by atoms with Crippen molar-refractivity contribution in [1.29, 1.82) is 0 Å². The maximum Gasteiger partial charge on any atom is 0.265 e. The lowest BCUT2D eigenvalue weighted by atomic mass is 10.0. The number of hydrogen-bond donors (Lipinski definition) is 0. The third-order valence-corrected chi connectivity index (χ3v) is 5.99. The highest BCUT2D eigenvalue weighted by molar-refractivity contribution is 7.93. The average Bonchev–Trinajstić information content (AvgIpc) is 2.55. The zero-order valence-corrected chi connectivity index (χ0v) is 15.4. The summed E-state index contributed by atoms with van der Waals surface area (Å²) in [5.74, 6) is 0.0901. The van der Waals surface area contributed by atoms with Gasteiger partial charge in [-0.15, -0.1) is 0 Å². The molecule has 0 saturated heterocycles. The maximum atomic E-state index is 13.2. The number of rotatable bonds is 6. The molecule has 0 aliphatic carbocycles. The van der Waals surface area contributed by atoms with Crippen LogP contribution in [0.25, 0.3) is 0 Å². The van der Waals surface area contributed by atoms with E-state index in [2.05, 4.69) is 0 Å². The highest BCUT2D eigenvalue weighted by atomic mass is 35.5. The Balaban J connectivity index is 2.70. The van der Waals surface area contributed by atoms with Crippen LogP contribution in [0, 0.1) is 0 Å². The fourth-order valence-electron chi connectivity index (χ4n) is 2.52. The second-order valence-corrected chi connectivity index (χ2v) is 7.99. The lowest BCUT2D eigenvalue weighted by Gasteiger charge is -2.31. The molecule has 4 nitrogen and oxygen atoms in total. The minimum atomic E-state index is -3.93. The van der Waals surface area contributed by atoms with E-state index < -0.39 is 21.3 Å². The molecule has 0 spiro atoms. The van der Waals surface area contributed by atoms with E-state index in [4.69, 9.17) is 11.6 Å². The Kier molecular flexibility index (Phi) is 5.67. The average molecular weight is 366 g/mol. The summed E-state index contributed by atoms with van der Waals surface area (Å²) >= 11 is 5.65. The minimum Gasteiger partial charge on any atom is -0.279 e. The van der Waals surface area contributed by atoms with E-state index in [1.165, 1.54) is 19.1 Å². The van der Waals surface area contributed by atoms with Gasteiger partial charge in [-0.05, 0) is 48.2 Å². The normalized spacial score (nSPS) is 12.9. The van der Waals surface area contributed by atoms with Gasteiger partial charge in [0.2, 0.25) is 5.24 Å². The van der Waals surface area contributed by atoms with Gasteiger partial charge in [-0.1, -0.05) is 50.2 Å². The Labute approximate surface area is 148 Å². The number of nitrogens with zero attached hydrogens (tertiary/aromatic N) is 1. The predicted molar refractivity (Wildman–Crippen MR) is 97.0 cm³/mol. The molecule has 0 radical (unpaired) electrons. The number of para-hydroxylation sites is 1. The van der Waals surface area contributed by atoms with Crippen LogP contribution in [0.4, 0.5) is 5.69 Å². The van der Waals surface area contributed by atoms with Crippen molar-refractivity contribution in [2.75, 3.05) is 4.31 Å². The lowest BCUT2D eigenvalue weighted by Crippen LogP contribution is -2.42. The molecule has 0 amide bonds. The van der Waals surface area contributed by atoms with E-state index >= 15 is 0 Å². The smallest absolute Gasteiger partial charge is 0.265 e. The van der Waals surface area contributed by atoms with Gasteiger partial charge in [-0.2, -0.15) is 0 Å². The van der Waals surface area contributed by atoms with E-state index in [0.717, 1.165) is 9.87 Å². The first-order valence-electron chi connectivity index (χ1n) is 7.64. The molecule has 0 fully saturated rings. The van der Waals surface area contributed by atoms with Crippen LogP contribution >= 0.6 is 11.6 Å². The Bertz CT molecular complexity index is 819. The largest absolute Gasteiger partial charge is 0.279 e. The number of hydrogen-bond acceptors (Lipinski definition) is 3. The fraction of sp³-hybridized carbons (Fsp3) is 0.278. The molecule has 128 valence electrons. The third kappa shape index (κ3) is 3.62. The van der Waals surface area contributed by atoms with Gasteiger partial charge in [0.15, 0.2) is 0 Å². The first-order chi connectivity index (χ1) is 11.3. The van der Waals surface area contributed by atoms with Gasteiger partial charge in [-0.3, -0.25) is 9.10 Å². The highest BCUT2D eigenvalue weighted by Gasteiger charge is 2.34. The molecule has 0 aliphatic heterocycles. The van der Waals surface area contributed by atoms with Gasteiger partial charge in [0.1, 0.15) is 6.04 Å². The molecule has 0 bridgehead atoms. The van der Waals surface area contributed by atoms with E-state index in [9.17, 15) is 13.2 Å². The maximum absolute atomic E-state index is 13.2. The molecule has 0 N–H and O–H groups in total. The van der Waals surface area contributed by atoms with Gasteiger partial charge in [0.05, 0.1) is 10.6 Å². The molecule has 24 heavy (non-hydrogen) atoms. The molecule has 0 aromatic heterocycles. The molecule has 2 aromatic rings. The van der Waals surface area contributed by atoms with Gasteiger partial charge < -0.3 is 0 Å². The van der Waals surface area contributed by atoms with Crippen molar-refractivity contribution in [1.82, 2.24) is 0 Å². The summed E-state index contributed by atoms with van der Waals surface area (Å²) in [4.78, 5) is 11.9. The third-order valence-electron chi connectivity index (χ3n) is 3.78. The Hall–Kier alpha value is -1.85. The molecular formula is C18H20ClNO3S. The summed E-state index contributed by atoms with van der Waals surface area (Å²) in [6.45, 7) is 5.44. The molecule has 6 heteroatoms. The molecule has 1 unspecified atom stereocenters. The van der Waals surface area contributed by atoms with Gasteiger partial charge >= 0.3 is 0 Å². The Morgan fingerprint density at radius 1 is 0.958 bits per heavy atom. The predicted octanol–water partition coefficient (Wildman–Crippen LogP) is 4.16. The summed E-state index contributed by atoms with van der Waals surface area (Å²) in [7, 11) is -3.93. The van der Waals surface area contributed by atoms with Crippen molar-refractivity contribution in [2.24, 2.45) is 0 Å². The van der Waals surface area contributed by atoms with Crippen molar-refractivity contribution < 1.29 is 13.2 Å². The first-order valence-corrected chi connectivity index (χ1v) is 9.46. The molecule has 2 rings (SSSR count). The molecule has 0 saturated carbocycles. The van der Waals surface area contributed by atoms with Gasteiger partial charge in [-0.25, -0.2) is 8.42 Å². The van der Waals surface area contributed by atoms with Crippen LogP contribution in [-0.2, 0) is 14.8 Å². The molecular weight excluding hydrogens is 346 g/mol. The van der Waals surface area contributed by atoms with Crippen LogP contribution in [0.5, 0.6) is 0 Å². The van der Waals surface area contributed by atoms with Crippen molar-refractivity contribution in [3.05, 3.63) is 60.2 Å². The van der Waals surface area contributed by atoms with Crippen LogP contribution in [0.15, 0.2) is 59.5 Å². The van der Waals surface area contributed by atoms with Crippen molar-refractivity contribution in [3.63, 3.8) is 0 Å². The summed E-state index contributed by atoms with van der Waals surface area (Å²) in [6, 6.07) is 14.2. The summed E-state index contributed by atoms with van der Waals surface area (Å²) < 4.78 is 27.5. The first kappa shape index (κ1) is 18.5. The van der Waals surface area contributed by atoms with E-state index in [-0.39, 0.29) is 10.8 Å². The van der Waals surface area contributed by atoms with E-state index in [1.54, 1.807) is 30.3 Å².